The third-order valence-electron chi connectivity index (χ3n) is 2.59. The minimum atomic E-state index is -0.884. The molecule has 2 atom stereocenters. The summed E-state index contributed by atoms with van der Waals surface area (Å²) in [6.07, 6.45) is 2.84. The van der Waals surface area contributed by atoms with Crippen LogP contribution in [0.3, 0.4) is 0 Å². The molecule has 0 aromatic heterocycles. The molecule has 1 N–H and O–H groups in total. The molecule has 0 fully saturated rings. The van der Waals surface area contributed by atoms with Crippen LogP contribution in [0, 0.1) is 10.1 Å². The summed E-state index contributed by atoms with van der Waals surface area (Å²) < 4.78 is 11.0. The van der Waals surface area contributed by atoms with Crippen molar-refractivity contribution in [3.63, 3.8) is 0 Å². The van der Waals surface area contributed by atoms with Gasteiger partial charge in [0.2, 0.25) is 0 Å². The SMILES string of the molecule is CC(CCS(C)=O)Nc1ccc(C=O)cc1[N+](=O)[O-]. The van der Waals surface area contributed by atoms with Gasteiger partial charge in [-0.05, 0) is 25.5 Å². The molecule has 0 heterocycles. The van der Waals surface area contributed by atoms with E-state index in [-0.39, 0.29) is 17.3 Å². The predicted octanol–water partition coefficient (Wildman–Crippen LogP) is 1.98. The van der Waals surface area contributed by atoms with E-state index in [1.54, 1.807) is 6.26 Å². The van der Waals surface area contributed by atoms with E-state index in [0.717, 1.165) is 0 Å². The molecule has 2 unspecified atom stereocenters. The number of hydrogen-bond acceptors (Lipinski definition) is 5. The van der Waals surface area contributed by atoms with Crippen molar-refractivity contribution in [2.24, 2.45) is 0 Å². The van der Waals surface area contributed by atoms with Crippen molar-refractivity contribution in [2.75, 3.05) is 17.3 Å². The van der Waals surface area contributed by atoms with E-state index in [9.17, 15) is 19.1 Å². The van der Waals surface area contributed by atoms with Crippen LogP contribution in [0.25, 0.3) is 0 Å². The largest absolute Gasteiger partial charge is 0.377 e. The second kappa shape index (κ2) is 6.98. The average molecular weight is 284 g/mol. The van der Waals surface area contributed by atoms with Crippen molar-refractivity contribution < 1.29 is 13.9 Å². The zero-order valence-electron chi connectivity index (χ0n) is 10.8. The van der Waals surface area contributed by atoms with Gasteiger partial charge in [-0.1, -0.05) is 0 Å². The number of carbonyl (C=O) groups excluding carboxylic acids is 1. The summed E-state index contributed by atoms with van der Waals surface area (Å²) in [5.74, 6) is 0.536. The number of nitro benzene ring substituents is 1. The van der Waals surface area contributed by atoms with Crippen LogP contribution in [0.4, 0.5) is 11.4 Å². The van der Waals surface area contributed by atoms with E-state index >= 15 is 0 Å². The van der Waals surface area contributed by atoms with Crippen LogP contribution in [-0.2, 0) is 10.8 Å². The number of hydrogen-bond donors (Lipinski definition) is 1. The molecule has 0 bridgehead atoms. The highest BCUT2D eigenvalue weighted by atomic mass is 32.2. The van der Waals surface area contributed by atoms with Gasteiger partial charge < -0.3 is 5.32 Å². The Kier molecular flexibility index (Phi) is 5.62. The highest BCUT2D eigenvalue weighted by molar-refractivity contribution is 7.84. The Morgan fingerprint density at radius 3 is 2.74 bits per heavy atom. The summed E-state index contributed by atoms with van der Waals surface area (Å²) in [6, 6.07) is 4.23. The molecule has 0 saturated carbocycles. The number of nitrogens with one attached hydrogen (secondary N) is 1. The number of anilines is 1. The standard InChI is InChI=1S/C12H16N2O4S/c1-9(5-6-19(2)18)13-11-4-3-10(8-15)7-12(11)14(16)17/h3-4,7-9,13H,5-6H2,1-2H3. The number of nitrogens with zero attached hydrogens (tertiary/aromatic N) is 1. The van der Waals surface area contributed by atoms with Crippen molar-refractivity contribution in [1.29, 1.82) is 0 Å². The second-order valence-electron chi connectivity index (χ2n) is 4.26. The Morgan fingerprint density at radius 2 is 2.21 bits per heavy atom. The van der Waals surface area contributed by atoms with E-state index in [1.165, 1.54) is 18.2 Å². The van der Waals surface area contributed by atoms with Crippen LogP contribution in [-0.4, -0.2) is 33.5 Å². The van der Waals surface area contributed by atoms with Gasteiger partial charge in [-0.3, -0.25) is 19.1 Å². The van der Waals surface area contributed by atoms with Crippen molar-refractivity contribution in [3.8, 4) is 0 Å². The topological polar surface area (TPSA) is 89.3 Å². The molecule has 104 valence electrons. The summed E-state index contributed by atoms with van der Waals surface area (Å²) in [4.78, 5) is 21.0. The highest BCUT2D eigenvalue weighted by Gasteiger charge is 2.16. The minimum Gasteiger partial charge on any atom is -0.377 e. The fourth-order valence-electron chi connectivity index (χ4n) is 1.58. The quantitative estimate of drug-likeness (QED) is 0.470. The fourth-order valence-corrected chi connectivity index (χ4v) is 2.26. The zero-order valence-corrected chi connectivity index (χ0v) is 11.6. The molecule has 1 aromatic rings. The van der Waals surface area contributed by atoms with Gasteiger partial charge in [0.25, 0.3) is 5.69 Å². The van der Waals surface area contributed by atoms with E-state index < -0.39 is 15.7 Å². The maximum atomic E-state index is 11.0. The van der Waals surface area contributed by atoms with Gasteiger partial charge in [0, 0.05) is 40.5 Å². The third kappa shape index (κ3) is 4.78. The molecule has 0 aliphatic carbocycles. The fraction of sp³-hybridized carbons (Fsp3) is 0.417. The first kappa shape index (κ1) is 15.3. The predicted molar refractivity (Wildman–Crippen MR) is 75.1 cm³/mol. The van der Waals surface area contributed by atoms with Gasteiger partial charge >= 0.3 is 0 Å². The van der Waals surface area contributed by atoms with Crippen LogP contribution in [0.15, 0.2) is 18.2 Å². The maximum absolute atomic E-state index is 11.0. The Morgan fingerprint density at radius 1 is 1.53 bits per heavy atom. The summed E-state index contributed by atoms with van der Waals surface area (Å²) in [7, 11) is -0.884. The molecule has 0 aliphatic rings. The van der Waals surface area contributed by atoms with Crippen LogP contribution in [0.2, 0.25) is 0 Å². The van der Waals surface area contributed by atoms with Crippen molar-refractivity contribution in [3.05, 3.63) is 33.9 Å². The lowest BCUT2D eigenvalue weighted by atomic mass is 10.1. The molecule has 6 nitrogen and oxygen atoms in total. The monoisotopic (exact) mass is 284 g/mol. The number of nitro groups is 1. The molecule has 1 aromatic carbocycles. The smallest absolute Gasteiger partial charge is 0.293 e. The molecule has 0 radical (unpaired) electrons. The Bertz CT molecular complexity index is 505. The number of aldehydes is 1. The van der Waals surface area contributed by atoms with Gasteiger partial charge in [-0.2, -0.15) is 0 Å². The molecule has 1 rings (SSSR count). The van der Waals surface area contributed by atoms with Gasteiger partial charge in [0.05, 0.1) is 4.92 Å². The zero-order chi connectivity index (χ0) is 14.4. The lowest BCUT2D eigenvalue weighted by Crippen LogP contribution is -2.18. The molecule has 19 heavy (non-hydrogen) atoms. The number of rotatable bonds is 7. The summed E-state index contributed by atoms with van der Waals surface area (Å²) in [5, 5.41) is 13.9. The van der Waals surface area contributed by atoms with Crippen LogP contribution in [0.1, 0.15) is 23.7 Å². The van der Waals surface area contributed by atoms with E-state index in [1.807, 2.05) is 6.92 Å². The Hall–Kier alpha value is -1.76. The maximum Gasteiger partial charge on any atom is 0.293 e. The first-order valence-electron chi connectivity index (χ1n) is 5.74. The minimum absolute atomic E-state index is 0.0373. The third-order valence-corrected chi connectivity index (χ3v) is 3.41. The normalized spacial score (nSPS) is 13.6. The first-order valence-corrected chi connectivity index (χ1v) is 7.47. The van der Waals surface area contributed by atoms with Crippen LogP contribution in [0.5, 0.6) is 0 Å². The van der Waals surface area contributed by atoms with Crippen molar-refractivity contribution in [1.82, 2.24) is 0 Å². The Labute approximate surface area is 113 Å². The molecular weight excluding hydrogens is 268 g/mol. The van der Waals surface area contributed by atoms with Gasteiger partial charge in [0.15, 0.2) is 0 Å². The van der Waals surface area contributed by atoms with Crippen molar-refractivity contribution >= 4 is 28.5 Å². The summed E-state index contributed by atoms with van der Waals surface area (Å²) in [6.45, 7) is 1.87. The lowest BCUT2D eigenvalue weighted by Gasteiger charge is -2.14. The first-order chi connectivity index (χ1) is 8.93. The molecule has 0 spiro atoms. The van der Waals surface area contributed by atoms with Crippen LogP contribution < -0.4 is 5.32 Å². The van der Waals surface area contributed by atoms with Gasteiger partial charge in [0.1, 0.15) is 12.0 Å². The van der Waals surface area contributed by atoms with E-state index in [2.05, 4.69) is 5.32 Å². The molecule has 0 saturated heterocycles. The number of benzene rings is 1. The van der Waals surface area contributed by atoms with Crippen LogP contribution >= 0.6 is 0 Å². The lowest BCUT2D eigenvalue weighted by molar-refractivity contribution is -0.384. The van der Waals surface area contributed by atoms with E-state index in [0.29, 0.717) is 24.1 Å². The summed E-state index contributed by atoms with van der Waals surface area (Å²) in [5.41, 5.74) is 0.499. The highest BCUT2D eigenvalue weighted by Crippen LogP contribution is 2.26. The van der Waals surface area contributed by atoms with Gasteiger partial charge in [-0.15, -0.1) is 0 Å². The Balaban J connectivity index is 2.85. The van der Waals surface area contributed by atoms with Crippen molar-refractivity contribution in [2.45, 2.75) is 19.4 Å². The molecule has 7 heteroatoms. The summed E-state index contributed by atoms with van der Waals surface area (Å²) >= 11 is 0. The van der Waals surface area contributed by atoms with Gasteiger partial charge in [-0.25, -0.2) is 0 Å². The molecule has 0 amide bonds. The second-order valence-corrected chi connectivity index (χ2v) is 5.82. The number of carbonyl (C=O) groups is 1. The average Bonchev–Trinajstić information content (AvgIpc) is 2.36. The van der Waals surface area contributed by atoms with E-state index in [4.69, 9.17) is 0 Å². The molecule has 0 aliphatic heterocycles. The molecular formula is C12H16N2O4S.